The Kier molecular flexibility index (Phi) is 11.2. The van der Waals surface area contributed by atoms with Crippen LogP contribution in [0.25, 0.3) is 0 Å². The molecule has 148 valence electrons. The summed E-state index contributed by atoms with van der Waals surface area (Å²) in [4.78, 5) is 11.3. The summed E-state index contributed by atoms with van der Waals surface area (Å²) in [5, 5.41) is 31.8. The fourth-order valence-electron chi connectivity index (χ4n) is 2.75. The molecule has 0 aromatic rings. The molecule has 8 heteroatoms. The van der Waals surface area contributed by atoms with E-state index < -0.39 is 37.3 Å². The van der Waals surface area contributed by atoms with Crippen molar-refractivity contribution in [2.75, 3.05) is 26.4 Å². The number of aliphatic hydroxyl groups is 3. The van der Waals surface area contributed by atoms with Gasteiger partial charge in [0, 0.05) is 13.5 Å². The van der Waals surface area contributed by atoms with Crippen molar-refractivity contribution < 1.29 is 34.3 Å². The summed E-state index contributed by atoms with van der Waals surface area (Å²) in [6.45, 7) is 4.26. The van der Waals surface area contributed by atoms with Gasteiger partial charge in [-0.2, -0.15) is 0 Å². The van der Waals surface area contributed by atoms with Gasteiger partial charge in [-0.3, -0.25) is 4.79 Å². The third-order valence-corrected chi connectivity index (χ3v) is 4.15. The lowest BCUT2D eigenvalue weighted by atomic mass is 9.97. The maximum atomic E-state index is 11.3. The van der Waals surface area contributed by atoms with Crippen molar-refractivity contribution in [3.05, 3.63) is 0 Å². The number of amides is 1. The Labute approximate surface area is 149 Å². The van der Waals surface area contributed by atoms with Crippen LogP contribution in [0.3, 0.4) is 0 Å². The van der Waals surface area contributed by atoms with Gasteiger partial charge in [0.25, 0.3) is 0 Å². The Morgan fingerprint density at radius 1 is 1.08 bits per heavy atom. The van der Waals surface area contributed by atoms with Crippen LogP contribution in [0.2, 0.25) is 0 Å². The molecule has 8 nitrogen and oxygen atoms in total. The number of carbonyl (C=O) groups is 1. The molecule has 0 bridgehead atoms. The molecule has 1 fully saturated rings. The highest BCUT2D eigenvalue weighted by Crippen LogP contribution is 2.22. The van der Waals surface area contributed by atoms with Gasteiger partial charge in [-0.05, 0) is 6.42 Å². The minimum absolute atomic E-state index is 0.219. The maximum Gasteiger partial charge on any atom is 0.217 e. The van der Waals surface area contributed by atoms with Gasteiger partial charge in [-0.25, -0.2) is 0 Å². The number of carbonyl (C=O) groups excluding carboxylic acids is 1. The van der Waals surface area contributed by atoms with Crippen LogP contribution in [0.15, 0.2) is 0 Å². The van der Waals surface area contributed by atoms with Gasteiger partial charge in [0.05, 0.1) is 19.8 Å². The molecular weight excluding hydrogens is 330 g/mol. The van der Waals surface area contributed by atoms with Crippen molar-refractivity contribution in [3.63, 3.8) is 0 Å². The van der Waals surface area contributed by atoms with E-state index in [1.54, 1.807) is 0 Å². The second-order valence-electron chi connectivity index (χ2n) is 6.33. The van der Waals surface area contributed by atoms with Crippen molar-refractivity contribution in [1.82, 2.24) is 5.32 Å². The molecule has 1 heterocycles. The standard InChI is InChI=1S/C17H33NO7/c1-3-4-5-6-7-8-23-9-10-24-17-14(18-12(2)20)16(22)15(21)13(11-19)25-17/h13-17,19,21-22H,3-11H2,1-2H3,(H,18,20)/t13-,14-,15-,16-,17+/m1/s1. The van der Waals surface area contributed by atoms with Crippen LogP contribution in [0.1, 0.15) is 46.0 Å². The van der Waals surface area contributed by atoms with Gasteiger partial charge in [0.2, 0.25) is 5.91 Å². The number of hydrogen-bond acceptors (Lipinski definition) is 7. The van der Waals surface area contributed by atoms with Gasteiger partial charge in [-0.15, -0.1) is 0 Å². The average Bonchev–Trinajstić information content (AvgIpc) is 2.59. The summed E-state index contributed by atoms with van der Waals surface area (Å²) in [6.07, 6.45) is 1.29. The van der Waals surface area contributed by atoms with Crippen molar-refractivity contribution in [1.29, 1.82) is 0 Å². The second-order valence-corrected chi connectivity index (χ2v) is 6.33. The van der Waals surface area contributed by atoms with E-state index in [9.17, 15) is 20.1 Å². The zero-order chi connectivity index (χ0) is 18.7. The number of unbranched alkanes of at least 4 members (excludes halogenated alkanes) is 4. The van der Waals surface area contributed by atoms with Crippen molar-refractivity contribution in [2.24, 2.45) is 0 Å². The molecule has 1 aliphatic heterocycles. The summed E-state index contributed by atoms with van der Waals surface area (Å²) in [6, 6.07) is -0.913. The topological polar surface area (TPSA) is 117 Å². The highest BCUT2D eigenvalue weighted by molar-refractivity contribution is 5.73. The van der Waals surface area contributed by atoms with Crippen LogP contribution in [0.5, 0.6) is 0 Å². The van der Waals surface area contributed by atoms with Crippen molar-refractivity contribution in [3.8, 4) is 0 Å². The SMILES string of the molecule is CCCCCCCOCCO[C@H]1O[C@H](CO)[C@@H](O)[C@H](O)[C@H]1NC(C)=O. The third kappa shape index (κ3) is 7.98. The molecule has 25 heavy (non-hydrogen) atoms. The molecule has 1 rings (SSSR count). The van der Waals surface area contributed by atoms with Gasteiger partial charge < -0.3 is 34.8 Å². The van der Waals surface area contributed by atoms with Crippen LogP contribution in [0.4, 0.5) is 0 Å². The Bertz CT molecular complexity index is 369. The lowest BCUT2D eigenvalue weighted by Crippen LogP contribution is -2.64. The first-order chi connectivity index (χ1) is 12.0. The highest BCUT2D eigenvalue weighted by atomic mass is 16.7. The minimum Gasteiger partial charge on any atom is -0.394 e. The van der Waals surface area contributed by atoms with Crippen molar-refractivity contribution >= 4 is 5.91 Å². The molecule has 0 aromatic carbocycles. The Morgan fingerprint density at radius 3 is 2.44 bits per heavy atom. The summed E-state index contributed by atoms with van der Waals surface area (Å²) in [5.41, 5.74) is 0. The highest BCUT2D eigenvalue weighted by Gasteiger charge is 2.45. The van der Waals surface area contributed by atoms with Gasteiger partial charge >= 0.3 is 0 Å². The molecule has 0 spiro atoms. The molecule has 1 aliphatic rings. The summed E-state index contributed by atoms with van der Waals surface area (Å²) >= 11 is 0. The predicted molar refractivity (Wildman–Crippen MR) is 90.9 cm³/mol. The fourth-order valence-corrected chi connectivity index (χ4v) is 2.75. The molecule has 0 aromatic heterocycles. The van der Waals surface area contributed by atoms with Crippen LogP contribution in [-0.4, -0.2) is 78.3 Å². The molecule has 0 unspecified atom stereocenters. The Hall–Kier alpha value is -0.770. The van der Waals surface area contributed by atoms with E-state index in [0.29, 0.717) is 13.2 Å². The quantitative estimate of drug-likeness (QED) is 0.359. The van der Waals surface area contributed by atoms with E-state index in [0.717, 1.165) is 12.8 Å². The average molecular weight is 363 g/mol. The van der Waals surface area contributed by atoms with Crippen LogP contribution in [-0.2, 0) is 19.0 Å². The number of rotatable bonds is 12. The predicted octanol–water partition coefficient (Wildman–Crippen LogP) is -0.0663. The monoisotopic (exact) mass is 363 g/mol. The van der Waals surface area contributed by atoms with Gasteiger partial charge in [-0.1, -0.05) is 32.6 Å². The van der Waals surface area contributed by atoms with E-state index in [4.69, 9.17) is 14.2 Å². The molecule has 4 N–H and O–H groups in total. The van der Waals surface area contributed by atoms with E-state index >= 15 is 0 Å². The first kappa shape index (κ1) is 22.3. The lowest BCUT2D eigenvalue weighted by Gasteiger charge is -2.42. The molecule has 0 saturated carbocycles. The Morgan fingerprint density at radius 2 is 1.80 bits per heavy atom. The zero-order valence-electron chi connectivity index (χ0n) is 15.2. The zero-order valence-corrected chi connectivity index (χ0v) is 15.2. The smallest absolute Gasteiger partial charge is 0.217 e. The van der Waals surface area contributed by atoms with Crippen LogP contribution >= 0.6 is 0 Å². The molecular formula is C17H33NO7. The molecule has 1 amide bonds. The van der Waals surface area contributed by atoms with Gasteiger partial charge in [0.1, 0.15) is 24.4 Å². The number of nitrogens with one attached hydrogen (secondary N) is 1. The molecule has 0 aliphatic carbocycles. The molecule has 0 radical (unpaired) electrons. The first-order valence-electron chi connectivity index (χ1n) is 9.10. The summed E-state index contributed by atoms with van der Waals surface area (Å²) in [5.74, 6) is -0.376. The van der Waals surface area contributed by atoms with Crippen LogP contribution in [0, 0.1) is 0 Å². The van der Waals surface area contributed by atoms with Crippen LogP contribution < -0.4 is 5.32 Å². The van der Waals surface area contributed by atoms with Crippen molar-refractivity contribution in [2.45, 2.75) is 76.6 Å². The summed E-state index contributed by atoms with van der Waals surface area (Å²) in [7, 11) is 0. The first-order valence-corrected chi connectivity index (χ1v) is 9.10. The third-order valence-electron chi connectivity index (χ3n) is 4.15. The van der Waals surface area contributed by atoms with Gasteiger partial charge in [0.15, 0.2) is 6.29 Å². The Balaban J connectivity index is 2.33. The largest absolute Gasteiger partial charge is 0.394 e. The number of ether oxygens (including phenoxy) is 3. The normalized spacial score (nSPS) is 29.6. The maximum absolute atomic E-state index is 11.3. The van der Waals surface area contributed by atoms with E-state index in [-0.39, 0.29) is 12.5 Å². The fraction of sp³-hybridized carbons (Fsp3) is 0.941. The number of aliphatic hydroxyl groups excluding tert-OH is 3. The second kappa shape index (κ2) is 12.6. The molecule has 5 atom stereocenters. The number of hydrogen-bond donors (Lipinski definition) is 4. The molecule has 1 saturated heterocycles. The van der Waals surface area contributed by atoms with E-state index in [2.05, 4.69) is 12.2 Å². The summed E-state index contributed by atoms with van der Waals surface area (Å²) < 4.78 is 16.5. The van der Waals surface area contributed by atoms with E-state index in [1.165, 1.54) is 26.2 Å². The minimum atomic E-state index is -1.30. The van der Waals surface area contributed by atoms with E-state index in [1.807, 2.05) is 0 Å². The lowest BCUT2D eigenvalue weighted by molar-refractivity contribution is -0.272.